The first-order valence-corrected chi connectivity index (χ1v) is 8.22. The third-order valence-corrected chi connectivity index (χ3v) is 4.01. The average Bonchev–Trinajstić information content (AvgIpc) is 2.45. The zero-order chi connectivity index (χ0) is 17.0. The summed E-state index contributed by atoms with van der Waals surface area (Å²) in [5.74, 6) is -0.215. The van der Waals surface area contributed by atoms with E-state index >= 15 is 0 Å². The molecule has 0 saturated carbocycles. The van der Waals surface area contributed by atoms with Gasteiger partial charge in [0, 0.05) is 25.2 Å². The molecular weight excluding hydrogens is 295 g/mol. The van der Waals surface area contributed by atoms with Gasteiger partial charge in [-0.2, -0.15) is 0 Å². The number of halogens is 1. The standard InChI is InChI=1S/C18H27FN2O2/c1-13-11-16(20-12-14-5-7-15(19)8-6-14)9-10-21(13)17(22)23-18(2,3)4/h5-8,13,16,20H,9-12H2,1-4H3. The lowest BCUT2D eigenvalue weighted by molar-refractivity contribution is 0.00932. The van der Waals surface area contributed by atoms with E-state index in [9.17, 15) is 9.18 Å². The Morgan fingerprint density at radius 2 is 2.00 bits per heavy atom. The van der Waals surface area contributed by atoms with Crippen LogP contribution in [0.2, 0.25) is 0 Å². The molecule has 1 aromatic carbocycles. The SMILES string of the molecule is CC1CC(NCc2ccc(F)cc2)CCN1C(=O)OC(C)(C)C. The highest BCUT2D eigenvalue weighted by Crippen LogP contribution is 2.21. The van der Waals surface area contributed by atoms with E-state index in [0.29, 0.717) is 19.1 Å². The zero-order valence-corrected chi connectivity index (χ0v) is 14.4. The second-order valence-corrected chi connectivity index (χ2v) is 7.25. The van der Waals surface area contributed by atoms with E-state index in [2.05, 4.69) is 12.2 Å². The Hall–Kier alpha value is -1.62. The summed E-state index contributed by atoms with van der Waals surface area (Å²) < 4.78 is 18.4. The van der Waals surface area contributed by atoms with Gasteiger partial charge in [0.1, 0.15) is 11.4 Å². The van der Waals surface area contributed by atoms with Crippen LogP contribution in [0.4, 0.5) is 9.18 Å². The Balaban J connectivity index is 1.81. The highest BCUT2D eigenvalue weighted by molar-refractivity contribution is 5.68. The Bertz CT molecular complexity index is 525. The van der Waals surface area contributed by atoms with Crippen LogP contribution in [0.5, 0.6) is 0 Å². The van der Waals surface area contributed by atoms with Gasteiger partial charge in [-0.15, -0.1) is 0 Å². The van der Waals surface area contributed by atoms with E-state index in [1.807, 2.05) is 20.8 Å². The summed E-state index contributed by atoms with van der Waals surface area (Å²) in [4.78, 5) is 14.0. The average molecular weight is 322 g/mol. The third-order valence-electron chi connectivity index (χ3n) is 4.01. The van der Waals surface area contributed by atoms with Gasteiger partial charge in [-0.1, -0.05) is 12.1 Å². The van der Waals surface area contributed by atoms with Gasteiger partial charge in [0.2, 0.25) is 0 Å². The number of amides is 1. The molecule has 1 amide bonds. The topological polar surface area (TPSA) is 41.6 Å². The van der Waals surface area contributed by atoms with Crippen molar-refractivity contribution in [1.82, 2.24) is 10.2 Å². The molecule has 0 aliphatic carbocycles. The van der Waals surface area contributed by atoms with Crippen molar-refractivity contribution in [2.75, 3.05) is 6.54 Å². The predicted octanol–water partition coefficient (Wildman–Crippen LogP) is 3.70. The second-order valence-electron chi connectivity index (χ2n) is 7.25. The van der Waals surface area contributed by atoms with Gasteiger partial charge in [0.25, 0.3) is 0 Å². The number of benzene rings is 1. The van der Waals surface area contributed by atoms with E-state index in [-0.39, 0.29) is 18.0 Å². The molecule has 2 unspecified atom stereocenters. The van der Waals surface area contributed by atoms with Crippen LogP contribution in [-0.4, -0.2) is 35.2 Å². The number of hydrogen-bond donors (Lipinski definition) is 1. The van der Waals surface area contributed by atoms with Crippen molar-refractivity contribution in [1.29, 1.82) is 0 Å². The molecule has 0 bridgehead atoms. The molecule has 1 heterocycles. The number of nitrogens with one attached hydrogen (secondary N) is 1. The van der Waals surface area contributed by atoms with Gasteiger partial charge in [-0.25, -0.2) is 9.18 Å². The highest BCUT2D eigenvalue weighted by atomic mass is 19.1. The van der Waals surface area contributed by atoms with Crippen LogP contribution in [0, 0.1) is 5.82 Å². The number of ether oxygens (including phenoxy) is 1. The minimum atomic E-state index is -0.464. The molecule has 1 saturated heterocycles. The van der Waals surface area contributed by atoms with Gasteiger partial charge in [0.05, 0.1) is 0 Å². The van der Waals surface area contributed by atoms with E-state index in [4.69, 9.17) is 4.74 Å². The third kappa shape index (κ3) is 5.50. The molecule has 0 radical (unpaired) electrons. The van der Waals surface area contributed by atoms with Crippen LogP contribution in [0.1, 0.15) is 46.1 Å². The Morgan fingerprint density at radius 1 is 1.35 bits per heavy atom. The van der Waals surface area contributed by atoms with Crippen LogP contribution in [0.15, 0.2) is 24.3 Å². The molecule has 0 aromatic heterocycles. The van der Waals surface area contributed by atoms with Crippen molar-refractivity contribution in [3.05, 3.63) is 35.6 Å². The van der Waals surface area contributed by atoms with Crippen LogP contribution in [0.25, 0.3) is 0 Å². The lowest BCUT2D eigenvalue weighted by atomic mass is 9.98. The number of rotatable bonds is 3. The quantitative estimate of drug-likeness (QED) is 0.922. The van der Waals surface area contributed by atoms with Gasteiger partial charge in [-0.3, -0.25) is 0 Å². The highest BCUT2D eigenvalue weighted by Gasteiger charge is 2.31. The molecule has 23 heavy (non-hydrogen) atoms. The minimum absolute atomic E-state index is 0.143. The zero-order valence-electron chi connectivity index (χ0n) is 14.4. The fourth-order valence-electron chi connectivity index (χ4n) is 2.81. The van der Waals surface area contributed by atoms with Gasteiger partial charge in [0.15, 0.2) is 0 Å². The molecule has 128 valence electrons. The Labute approximate surface area is 138 Å². The first-order chi connectivity index (χ1) is 10.7. The van der Waals surface area contributed by atoms with Crippen LogP contribution in [-0.2, 0) is 11.3 Å². The van der Waals surface area contributed by atoms with Crippen LogP contribution in [0.3, 0.4) is 0 Å². The van der Waals surface area contributed by atoms with E-state index in [1.165, 1.54) is 12.1 Å². The summed E-state index contributed by atoms with van der Waals surface area (Å²) in [6.45, 7) is 9.10. The fourth-order valence-corrected chi connectivity index (χ4v) is 2.81. The first kappa shape index (κ1) is 17.7. The fraction of sp³-hybridized carbons (Fsp3) is 0.611. The molecule has 2 atom stereocenters. The normalized spacial score (nSPS) is 22.0. The number of nitrogens with zero attached hydrogens (tertiary/aromatic N) is 1. The lowest BCUT2D eigenvalue weighted by Gasteiger charge is -2.38. The van der Waals surface area contributed by atoms with Crippen molar-refractivity contribution < 1.29 is 13.9 Å². The maximum absolute atomic E-state index is 12.9. The molecule has 1 aromatic rings. The summed E-state index contributed by atoms with van der Waals surface area (Å²) in [5.41, 5.74) is 0.600. The summed E-state index contributed by atoms with van der Waals surface area (Å²) in [7, 11) is 0. The molecule has 1 N–H and O–H groups in total. The number of piperidine rings is 1. The molecular formula is C18H27FN2O2. The smallest absolute Gasteiger partial charge is 0.410 e. The van der Waals surface area contributed by atoms with E-state index < -0.39 is 5.60 Å². The van der Waals surface area contributed by atoms with Crippen LogP contribution < -0.4 is 5.32 Å². The molecule has 1 fully saturated rings. The number of carbonyl (C=O) groups is 1. The lowest BCUT2D eigenvalue weighted by Crippen LogP contribution is -2.50. The van der Waals surface area contributed by atoms with Gasteiger partial charge >= 0.3 is 6.09 Å². The Kier molecular flexibility index (Phi) is 5.63. The summed E-state index contributed by atoms with van der Waals surface area (Å²) in [6, 6.07) is 7.04. The van der Waals surface area contributed by atoms with Crippen molar-refractivity contribution >= 4 is 6.09 Å². The second kappa shape index (κ2) is 7.30. The first-order valence-electron chi connectivity index (χ1n) is 8.22. The van der Waals surface area contributed by atoms with Crippen molar-refractivity contribution in [2.45, 2.75) is 64.8 Å². The molecule has 1 aliphatic rings. The van der Waals surface area contributed by atoms with Crippen molar-refractivity contribution in [3.63, 3.8) is 0 Å². The Morgan fingerprint density at radius 3 is 2.57 bits per heavy atom. The van der Waals surface area contributed by atoms with Gasteiger partial charge < -0.3 is 15.0 Å². The molecule has 2 rings (SSSR count). The number of carbonyl (C=O) groups excluding carboxylic acids is 1. The van der Waals surface area contributed by atoms with Gasteiger partial charge in [-0.05, 0) is 58.2 Å². The number of likely N-dealkylation sites (tertiary alicyclic amines) is 1. The number of hydrogen-bond acceptors (Lipinski definition) is 3. The molecule has 4 nitrogen and oxygen atoms in total. The monoisotopic (exact) mass is 322 g/mol. The maximum atomic E-state index is 12.9. The van der Waals surface area contributed by atoms with Crippen molar-refractivity contribution in [3.8, 4) is 0 Å². The molecule has 1 aliphatic heterocycles. The predicted molar refractivity (Wildman–Crippen MR) is 88.7 cm³/mol. The summed E-state index contributed by atoms with van der Waals surface area (Å²) in [6.07, 6.45) is 1.55. The minimum Gasteiger partial charge on any atom is -0.444 e. The van der Waals surface area contributed by atoms with E-state index in [0.717, 1.165) is 18.4 Å². The summed E-state index contributed by atoms with van der Waals surface area (Å²) in [5, 5.41) is 3.49. The van der Waals surface area contributed by atoms with Crippen molar-refractivity contribution in [2.24, 2.45) is 0 Å². The summed E-state index contributed by atoms with van der Waals surface area (Å²) >= 11 is 0. The molecule has 0 spiro atoms. The van der Waals surface area contributed by atoms with E-state index in [1.54, 1.807) is 17.0 Å². The van der Waals surface area contributed by atoms with Crippen LogP contribution >= 0.6 is 0 Å². The maximum Gasteiger partial charge on any atom is 0.410 e. The molecule has 5 heteroatoms. The largest absolute Gasteiger partial charge is 0.444 e.